The van der Waals surface area contributed by atoms with Gasteiger partial charge in [0, 0.05) is 28.1 Å². The number of halogens is 3. The number of hydrogen-bond donors (Lipinski definition) is 1. The Morgan fingerprint density at radius 2 is 2.08 bits per heavy atom. The highest BCUT2D eigenvalue weighted by molar-refractivity contribution is 7.92. The van der Waals surface area contributed by atoms with Crippen molar-refractivity contribution < 1.29 is 22.3 Å². The Kier molecular flexibility index (Phi) is 4.40. The highest BCUT2D eigenvalue weighted by Crippen LogP contribution is 2.51. The van der Waals surface area contributed by atoms with E-state index in [1.807, 2.05) is 6.07 Å². The van der Waals surface area contributed by atoms with Crippen molar-refractivity contribution in [1.29, 1.82) is 5.26 Å². The zero-order chi connectivity index (χ0) is 18.6. The standard InChI is InChI=1S/C16H12ClF2NO3S2/c1-25(22,23)15-12-11(2-3-16(18,19)14(12)21)13(24-15)9-4-8(7-20)5-10(17)6-9/h4-6,14,21H,2-3H2,1H3/t14-/m0/s1. The normalized spacial score (nSPS) is 19.3. The number of hydrogen-bond acceptors (Lipinski definition) is 5. The molecule has 0 aliphatic heterocycles. The fraction of sp³-hybridized carbons (Fsp3) is 0.312. The summed E-state index contributed by atoms with van der Waals surface area (Å²) in [5.41, 5.74) is 0.872. The van der Waals surface area contributed by atoms with Crippen LogP contribution in [0.15, 0.2) is 22.4 Å². The molecule has 0 bridgehead atoms. The van der Waals surface area contributed by atoms with E-state index in [2.05, 4.69) is 0 Å². The van der Waals surface area contributed by atoms with Crippen LogP contribution in [0.2, 0.25) is 5.02 Å². The average molecular weight is 404 g/mol. The first-order chi connectivity index (χ1) is 11.5. The summed E-state index contributed by atoms with van der Waals surface area (Å²) in [5, 5.41) is 19.4. The third kappa shape index (κ3) is 3.17. The molecule has 1 atom stereocenters. The summed E-state index contributed by atoms with van der Waals surface area (Å²) < 4.78 is 51.7. The largest absolute Gasteiger partial charge is 0.382 e. The zero-order valence-electron chi connectivity index (χ0n) is 12.9. The molecule has 4 nitrogen and oxygen atoms in total. The number of rotatable bonds is 2. The van der Waals surface area contributed by atoms with Gasteiger partial charge in [-0.1, -0.05) is 11.6 Å². The predicted molar refractivity (Wildman–Crippen MR) is 90.8 cm³/mol. The van der Waals surface area contributed by atoms with E-state index in [4.69, 9.17) is 16.9 Å². The number of sulfone groups is 1. The Hall–Kier alpha value is -1.53. The lowest BCUT2D eigenvalue weighted by Gasteiger charge is -2.29. The topological polar surface area (TPSA) is 78.2 Å². The molecular formula is C16H12ClF2NO3S2. The minimum Gasteiger partial charge on any atom is -0.382 e. The van der Waals surface area contributed by atoms with E-state index in [0.29, 0.717) is 16.0 Å². The van der Waals surface area contributed by atoms with Crippen LogP contribution in [0.1, 0.15) is 29.2 Å². The Morgan fingerprint density at radius 1 is 1.40 bits per heavy atom. The minimum absolute atomic E-state index is 0.0743. The minimum atomic E-state index is -3.81. The van der Waals surface area contributed by atoms with Crippen LogP contribution in [0.25, 0.3) is 10.4 Å². The van der Waals surface area contributed by atoms with E-state index in [9.17, 15) is 22.3 Å². The second kappa shape index (κ2) is 6.02. The number of fused-ring (bicyclic) bond motifs is 1. The summed E-state index contributed by atoms with van der Waals surface area (Å²) in [6, 6.07) is 6.46. The number of thiophene rings is 1. The third-order valence-corrected chi connectivity index (χ3v) is 7.38. The number of aliphatic hydroxyl groups excluding tert-OH is 1. The van der Waals surface area contributed by atoms with E-state index in [0.717, 1.165) is 17.6 Å². The molecule has 0 fully saturated rings. The molecule has 0 unspecified atom stereocenters. The first-order valence-electron chi connectivity index (χ1n) is 7.17. The molecule has 2 aromatic rings. The van der Waals surface area contributed by atoms with Crippen LogP contribution in [0.3, 0.4) is 0 Å². The maximum absolute atomic E-state index is 13.9. The number of alkyl halides is 2. The molecule has 1 aromatic carbocycles. The van der Waals surface area contributed by atoms with E-state index < -0.39 is 28.3 Å². The molecule has 3 rings (SSSR count). The number of nitrogens with zero attached hydrogens (tertiary/aromatic N) is 1. The van der Waals surface area contributed by atoms with Gasteiger partial charge in [-0.05, 0) is 35.7 Å². The van der Waals surface area contributed by atoms with E-state index in [-0.39, 0.29) is 26.8 Å². The van der Waals surface area contributed by atoms with Gasteiger partial charge in [0.15, 0.2) is 9.84 Å². The van der Waals surface area contributed by atoms with Gasteiger partial charge >= 0.3 is 0 Å². The van der Waals surface area contributed by atoms with Crippen molar-refractivity contribution in [2.45, 2.75) is 29.1 Å². The van der Waals surface area contributed by atoms with Gasteiger partial charge in [0.1, 0.15) is 10.3 Å². The molecule has 9 heteroatoms. The Balaban J connectivity index is 2.32. The van der Waals surface area contributed by atoms with Gasteiger partial charge in [-0.3, -0.25) is 0 Å². The van der Waals surface area contributed by atoms with Crippen molar-refractivity contribution in [3.8, 4) is 16.5 Å². The molecule has 1 aliphatic rings. The molecule has 1 aromatic heterocycles. The monoisotopic (exact) mass is 403 g/mol. The summed E-state index contributed by atoms with van der Waals surface area (Å²) in [6.45, 7) is 0. The maximum atomic E-state index is 13.9. The maximum Gasteiger partial charge on any atom is 0.277 e. The SMILES string of the molecule is CS(=O)(=O)c1sc(-c2cc(Cl)cc(C#N)c2)c2c1[C@H](O)C(F)(F)CC2. The second-order valence-electron chi connectivity index (χ2n) is 5.89. The third-order valence-electron chi connectivity index (χ3n) is 4.02. The van der Waals surface area contributed by atoms with E-state index in [1.165, 1.54) is 12.1 Å². The smallest absolute Gasteiger partial charge is 0.277 e. The van der Waals surface area contributed by atoms with Crippen molar-refractivity contribution in [3.05, 3.63) is 39.9 Å². The summed E-state index contributed by atoms with van der Waals surface area (Å²) in [7, 11) is -3.81. The molecule has 132 valence electrons. The molecule has 1 aliphatic carbocycles. The van der Waals surface area contributed by atoms with Gasteiger partial charge < -0.3 is 5.11 Å². The number of aliphatic hydroxyl groups is 1. The predicted octanol–water partition coefficient (Wildman–Crippen LogP) is 3.96. The summed E-state index contributed by atoms with van der Waals surface area (Å²) in [5.74, 6) is -3.39. The van der Waals surface area contributed by atoms with Crippen LogP contribution in [0, 0.1) is 11.3 Å². The van der Waals surface area contributed by atoms with Crippen molar-refractivity contribution in [3.63, 3.8) is 0 Å². The molecule has 0 spiro atoms. The van der Waals surface area contributed by atoms with Gasteiger partial charge in [0.25, 0.3) is 5.92 Å². The quantitative estimate of drug-likeness (QED) is 0.823. The van der Waals surface area contributed by atoms with E-state index >= 15 is 0 Å². The highest BCUT2D eigenvalue weighted by Gasteiger charge is 2.47. The molecule has 0 radical (unpaired) electrons. The number of benzene rings is 1. The van der Waals surface area contributed by atoms with Crippen LogP contribution in [0.5, 0.6) is 0 Å². The summed E-state index contributed by atoms with van der Waals surface area (Å²) >= 11 is 6.82. The van der Waals surface area contributed by atoms with Crippen molar-refractivity contribution in [2.24, 2.45) is 0 Å². The van der Waals surface area contributed by atoms with Crippen molar-refractivity contribution in [1.82, 2.24) is 0 Å². The second-order valence-corrected chi connectivity index (χ2v) is 9.56. The van der Waals surface area contributed by atoms with Gasteiger partial charge in [-0.15, -0.1) is 11.3 Å². The number of nitriles is 1. The summed E-state index contributed by atoms with van der Waals surface area (Å²) in [6.07, 6.45) is -1.92. The molecule has 25 heavy (non-hydrogen) atoms. The van der Waals surface area contributed by atoms with Crippen LogP contribution in [-0.2, 0) is 16.3 Å². The van der Waals surface area contributed by atoms with Crippen LogP contribution >= 0.6 is 22.9 Å². The first kappa shape index (κ1) is 18.3. The van der Waals surface area contributed by atoms with Gasteiger partial charge in [-0.25, -0.2) is 17.2 Å². The van der Waals surface area contributed by atoms with Crippen LogP contribution in [-0.4, -0.2) is 25.7 Å². The Morgan fingerprint density at radius 3 is 2.68 bits per heavy atom. The van der Waals surface area contributed by atoms with Gasteiger partial charge in [0.2, 0.25) is 0 Å². The van der Waals surface area contributed by atoms with Crippen molar-refractivity contribution >= 4 is 32.8 Å². The average Bonchev–Trinajstić information content (AvgIpc) is 2.90. The van der Waals surface area contributed by atoms with E-state index in [1.54, 1.807) is 6.07 Å². The van der Waals surface area contributed by atoms with Crippen molar-refractivity contribution in [2.75, 3.05) is 6.26 Å². The zero-order valence-corrected chi connectivity index (χ0v) is 15.3. The first-order valence-corrected chi connectivity index (χ1v) is 10.3. The molecule has 1 N–H and O–H groups in total. The van der Waals surface area contributed by atoms with Gasteiger partial charge in [-0.2, -0.15) is 5.26 Å². The molecule has 0 saturated heterocycles. The van der Waals surface area contributed by atoms with Crippen LogP contribution in [0.4, 0.5) is 8.78 Å². The van der Waals surface area contributed by atoms with Gasteiger partial charge in [0.05, 0.1) is 11.6 Å². The molecule has 1 heterocycles. The fourth-order valence-electron chi connectivity index (χ4n) is 2.91. The Bertz CT molecular complexity index is 1010. The van der Waals surface area contributed by atoms with Crippen LogP contribution < -0.4 is 0 Å². The molecular weight excluding hydrogens is 392 g/mol. The Labute approximate surface area is 152 Å². The highest BCUT2D eigenvalue weighted by atomic mass is 35.5. The molecule has 0 saturated carbocycles. The summed E-state index contributed by atoms with van der Waals surface area (Å²) in [4.78, 5) is 0.434. The lowest BCUT2D eigenvalue weighted by atomic mass is 9.87. The lowest BCUT2D eigenvalue weighted by Crippen LogP contribution is -2.32. The lowest BCUT2D eigenvalue weighted by molar-refractivity contribution is -0.122. The molecule has 0 amide bonds. The fourth-order valence-corrected chi connectivity index (χ4v) is 5.74.